The van der Waals surface area contributed by atoms with Crippen LogP contribution in [0.1, 0.15) is 20.3 Å². The Hall–Kier alpha value is -1.15. The van der Waals surface area contributed by atoms with Gasteiger partial charge in [0.2, 0.25) is 0 Å². The van der Waals surface area contributed by atoms with Gasteiger partial charge in [0.25, 0.3) is 0 Å². The number of terminal acetylenes is 1. The predicted octanol–water partition coefficient (Wildman–Crippen LogP) is 0.939. The van der Waals surface area contributed by atoms with Gasteiger partial charge in [-0.15, -0.1) is 6.42 Å². The van der Waals surface area contributed by atoms with Crippen LogP contribution in [0.15, 0.2) is 0 Å². The maximum Gasteiger partial charge on any atom is 0.377 e. The molecule has 15 heavy (non-hydrogen) atoms. The van der Waals surface area contributed by atoms with Crippen molar-refractivity contribution < 1.29 is 18.3 Å². The molecule has 0 saturated carbocycles. The minimum absolute atomic E-state index is 0.137. The van der Waals surface area contributed by atoms with E-state index in [-0.39, 0.29) is 6.54 Å². The first-order chi connectivity index (χ1) is 6.77. The van der Waals surface area contributed by atoms with Crippen molar-refractivity contribution in [2.75, 3.05) is 6.54 Å². The molecule has 0 spiro atoms. The number of ether oxygens (including phenoxy) is 1. The summed E-state index contributed by atoms with van der Waals surface area (Å²) in [4.78, 5) is 10.7. The van der Waals surface area contributed by atoms with E-state index in [2.05, 4.69) is 16.0 Å². The molecule has 1 rings (SSSR count). The van der Waals surface area contributed by atoms with Crippen molar-refractivity contribution in [2.45, 2.75) is 37.8 Å². The van der Waals surface area contributed by atoms with Gasteiger partial charge in [-0.2, -0.15) is 8.78 Å². The van der Waals surface area contributed by atoms with Gasteiger partial charge in [-0.3, -0.25) is 5.32 Å². The van der Waals surface area contributed by atoms with E-state index in [1.165, 1.54) is 0 Å². The zero-order chi connectivity index (χ0) is 11.7. The van der Waals surface area contributed by atoms with Crippen LogP contribution in [-0.4, -0.2) is 30.1 Å². The Bertz CT molecular complexity index is 307. The first kappa shape index (κ1) is 11.9. The highest BCUT2D eigenvalue weighted by molar-refractivity contribution is 5.79. The zero-order valence-electron chi connectivity index (χ0n) is 8.64. The van der Waals surface area contributed by atoms with E-state index >= 15 is 0 Å². The van der Waals surface area contributed by atoms with E-state index < -0.39 is 30.0 Å². The molecule has 1 aliphatic heterocycles. The summed E-state index contributed by atoms with van der Waals surface area (Å²) in [5, 5.41) is 2.86. The standard InChI is InChI=1S/C10H13F2NO2/c1-4-9(2,3)13-6-7-5-10(11,12)8(14)15-7/h1,7,13H,5-6H2,2-3H3. The number of alkyl halides is 2. The van der Waals surface area contributed by atoms with Crippen molar-refractivity contribution in [3.05, 3.63) is 0 Å². The molecule has 1 heterocycles. The first-order valence-electron chi connectivity index (χ1n) is 4.58. The average Bonchev–Trinajstić information content (AvgIpc) is 2.38. The van der Waals surface area contributed by atoms with E-state index in [0.717, 1.165) is 0 Å². The Labute approximate surface area is 87.2 Å². The molecule has 1 aliphatic rings. The minimum Gasteiger partial charge on any atom is -0.456 e. The fourth-order valence-electron chi connectivity index (χ4n) is 1.18. The van der Waals surface area contributed by atoms with Crippen LogP contribution >= 0.6 is 0 Å². The lowest BCUT2D eigenvalue weighted by Crippen LogP contribution is -2.42. The number of esters is 1. The summed E-state index contributed by atoms with van der Waals surface area (Å²) in [6.07, 6.45) is 3.81. The molecule has 0 aromatic heterocycles. The largest absolute Gasteiger partial charge is 0.456 e. The molecule has 0 amide bonds. The molecule has 84 valence electrons. The number of carbonyl (C=O) groups excluding carboxylic acids is 1. The van der Waals surface area contributed by atoms with E-state index in [4.69, 9.17) is 6.42 Å². The van der Waals surface area contributed by atoms with Crippen LogP contribution in [0.25, 0.3) is 0 Å². The third-order valence-electron chi connectivity index (χ3n) is 2.19. The fourth-order valence-corrected chi connectivity index (χ4v) is 1.18. The topological polar surface area (TPSA) is 38.3 Å². The maximum absolute atomic E-state index is 12.7. The van der Waals surface area contributed by atoms with Crippen molar-refractivity contribution in [1.29, 1.82) is 0 Å². The smallest absolute Gasteiger partial charge is 0.377 e. The van der Waals surface area contributed by atoms with Gasteiger partial charge >= 0.3 is 11.9 Å². The van der Waals surface area contributed by atoms with Gasteiger partial charge in [0.1, 0.15) is 6.10 Å². The van der Waals surface area contributed by atoms with Crippen molar-refractivity contribution in [3.8, 4) is 12.3 Å². The minimum atomic E-state index is -3.35. The molecule has 1 unspecified atom stereocenters. The first-order valence-corrected chi connectivity index (χ1v) is 4.58. The molecule has 0 radical (unpaired) electrons. The third kappa shape index (κ3) is 2.90. The lowest BCUT2D eigenvalue weighted by Gasteiger charge is -2.21. The average molecular weight is 217 g/mol. The molecule has 1 atom stereocenters. The summed E-state index contributed by atoms with van der Waals surface area (Å²) in [7, 11) is 0. The summed E-state index contributed by atoms with van der Waals surface area (Å²) < 4.78 is 30.0. The Morgan fingerprint density at radius 2 is 2.33 bits per heavy atom. The molecule has 0 bridgehead atoms. The lowest BCUT2D eigenvalue weighted by atomic mass is 10.1. The summed E-state index contributed by atoms with van der Waals surface area (Å²) in [5.74, 6) is -2.35. The Balaban J connectivity index is 2.45. The third-order valence-corrected chi connectivity index (χ3v) is 2.19. The summed E-state index contributed by atoms with van der Waals surface area (Å²) in [6, 6.07) is 0. The lowest BCUT2D eigenvalue weighted by molar-refractivity contribution is -0.159. The molecule has 3 nitrogen and oxygen atoms in total. The van der Waals surface area contributed by atoms with Crippen LogP contribution in [0.4, 0.5) is 8.78 Å². The second-order valence-electron chi connectivity index (χ2n) is 4.09. The Kier molecular flexibility index (Phi) is 3.00. The van der Waals surface area contributed by atoms with E-state index in [9.17, 15) is 13.6 Å². The summed E-state index contributed by atoms with van der Waals surface area (Å²) in [5.41, 5.74) is -0.593. The van der Waals surface area contributed by atoms with Gasteiger partial charge in [-0.25, -0.2) is 4.79 Å². The number of cyclic esters (lactones) is 1. The van der Waals surface area contributed by atoms with Gasteiger partial charge in [-0.05, 0) is 13.8 Å². The van der Waals surface area contributed by atoms with Gasteiger partial charge < -0.3 is 4.74 Å². The SMILES string of the molecule is C#CC(C)(C)NCC1CC(F)(F)C(=O)O1. The van der Waals surface area contributed by atoms with Gasteiger partial charge in [0, 0.05) is 6.54 Å². The number of hydrogen-bond donors (Lipinski definition) is 1. The van der Waals surface area contributed by atoms with Crippen LogP contribution in [0.3, 0.4) is 0 Å². The van der Waals surface area contributed by atoms with Crippen LogP contribution in [-0.2, 0) is 9.53 Å². The van der Waals surface area contributed by atoms with Gasteiger partial charge in [0.05, 0.1) is 12.0 Å². The second kappa shape index (κ2) is 3.78. The molecule has 0 aliphatic carbocycles. The molecule has 1 N–H and O–H groups in total. The van der Waals surface area contributed by atoms with Gasteiger partial charge in [0.15, 0.2) is 0 Å². The molecule has 0 aromatic rings. The molecule has 1 saturated heterocycles. The normalized spacial score (nSPS) is 24.7. The highest BCUT2D eigenvalue weighted by Gasteiger charge is 2.50. The van der Waals surface area contributed by atoms with E-state index in [1.54, 1.807) is 13.8 Å². The second-order valence-corrected chi connectivity index (χ2v) is 4.09. The monoisotopic (exact) mass is 217 g/mol. The van der Waals surface area contributed by atoms with Crippen molar-refractivity contribution >= 4 is 5.97 Å². The van der Waals surface area contributed by atoms with Crippen LogP contribution in [0, 0.1) is 12.3 Å². The van der Waals surface area contributed by atoms with Crippen LogP contribution in [0.2, 0.25) is 0 Å². The molecular weight excluding hydrogens is 204 g/mol. The van der Waals surface area contributed by atoms with Crippen molar-refractivity contribution in [1.82, 2.24) is 5.32 Å². The van der Waals surface area contributed by atoms with E-state index in [1.807, 2.05) is 0 Å². The molecule has 5 heteroatoms. The highest BCUT2D eigenvalue weighted by atomic mass is 19.3. The zero-order valence-corrected chi connectivity index (χ0v) is 8.64. The Morgan fingerprint density at radius 3 is 2.73 bits per heavy atom. The number of hydrogen-bond acceptors (Lipinski definition) is 3. The van der Waals surface area contributed by atoms with Crippen LogP contribution in [0.5, 0.6) is 0 Å². The number of halogens is 2. The number of rotatable bonds is 3. The predicted molar refractivity (Wildman–Crippen MR) is 50.4 cm³/mol. The van der Waals surface area contributed by atoms with Crippen LogP contribution < -0.4 is 5.32 Å². The van der Waals surface area contributed by atoms with Crippen molar-refractivity contribution in [3.63, 3.8) is 0 Å². The maximum atomic E-state index is 12.7. The highest BCUT2D eigenvalue weighted by Crippen LogP contribution is 2.30. The summed E-state index contributed by atoms with van der Waals surface area (Å²) in [6.45, 7) is 3.61. The van der Waals surface area contributed by atoms with Crippen molar-refractivity contribution in [2.24, 2.45) is 0 Å². The van der Waals surface area contributed by atoms with Gasteiger partial charge in [-0.1, -0.05) is 5.92 Å². The fraction of sp³-hybridized carbons (Fsp3) is 0.700. The number of nitrogens with one attached hydrogen (secondary N) is 1. The molecule has 0 aromatic carbocycles. The number of carbonyl (C=O) groups is 1. The molecule has 1 fully saturated rings. The molecular formula is C10H13F2NO2. The Morgan fingerprint density at radius 1 is 1.73 bits per heavy atom. The quantitative estimate of drug-likeness (QED) is 0.564. The summed E-state index contributed by atoms with van der Waals surface area (Å²) >= 11 is 0. The van der Waals surface area contributed by atoms with E-state index in [0.29, 0.717) is 0 Å².